The van der Waals surface area contributed by atoms with Gasteiger partial charge in [-0.25, -0.2) is 4.98 Å². The van der Waals surface area contributed by atoms with E-state index < -0.39 is 5.97 Å². The summed E-state index contributed by atoms with van der Waals surface area (Å²) in [5, 5.41) is 12.1. The summed E-state index contributed by atoms with van der Waals surface area (Å²) in [6.45, 7) is 1.36. The number of likely N-dealkylation sites (tertiary alicyclic amines) is 1. The van der Waals surface area contributed by atoms with Gasteiger partial charge in [0, 0.05) is 24.4 Å². The van der Waals surface area contributed by atoms with Gasteiger partial charge in [-0.1, -0.05) is 60.3 Å². The first kappa shape index (κ1) is 21.5. The fourth-order valence-electron chi connectivity index (χ4n) is 4.61. The number of nitrogens with zero attached hydrogens (tertiary/aromatic N) is 3. The second-order valence-electron chi connectivity index (χ2n) is 8.46. The monoisotopic (exact) mass is 459 g/mol. The van der Waals surface area contributed by atoms with Gasteiger partial charge < -0.3 is 14.6 Å². The summed E-state index contributed by atoms with van der Waals surface area (Å²) in [5.74, 6) is 0.326. The number of carboxylic acid groups (broad SMARTS) is 1. The minimum atomic E-state index is -0.885. The molecule has 0 saturated carbocycles. The molecule has 1 saturated heterocycles. The van der Waals surface area contributed by atoms with Gasteiger partial charge in [-0.15, -0.1) is 0 Å². The van der Waals surface area contributed by atoms with Gasteiger partial charge in [0.2, 0.25) is 0 Å². The van der Waals surface area contributed by atoms with Crippen molar-refractivity contribution in [2.45, 2.75) is 24.5 Å². The molecular formula is C26H25N3O3S. The third kappa shape index (κ3) is 4.46. The molecule has 7 heteroatoms. The SMILES string of the molecule is O=C(O)Cn1c(SCC2CCCN(C(=O)c3cccc4ccccc34)C2)nc2ccccc21. The Bertz CT molecular complexity index is 1330. The van der Waals surface area contributed by atoms with Crippen LogP contribution in [0.2, 0.25) is 0 Å². The predicted octanol–water partition coefficient (Wildman–Crippen LogP) is 4.92. The Hall–Kier alpha value is -3.32. The maximum Gasteiger partial charge on any atom is 0.323 e. The lowest BCUT2D eigenvalue weighted by Crippen LogP contribution is -2.40. The summed E-state index contributed by atoms with van der Waals surface area (Å²) >= 11 is 1.58. The average Bonchev–Trinajstić information content (AvgIpc) is 3.19. The van der Waals surface area contributed by atoms with Crippen molar-refractivity contribution in [2.24, 2.45) is 5.92 Å². The third-order valence-corrected chi connectivity index (χ3v) is 7.40. The van der Waals surface area contributed by atoms with Crippen LogP contribution in [0.4, 0.5) is 0 Å². The summed E-state index contributed by atoms with van der Waals surface area (Å²) in [7, 11) is 0. The molecule has 1 unspecified atom stereocenters. The van der Waals surface area contributed by atoms with Crippen molar-refractivity contribution in [1.29, 1.82) is 0 Å². The first-order chi connectivity index (χ1) is 16.1. The Kier molecular flexibility index (Phi) is 6.05. The van der Waals surface area contributed by atoms with Gasteiger partial charge in [0.05, 0.1) is 11.0 Å². The molecule has 1 aliphatic heterocycles. The second-order valence-corrected chi connectivity index (χ2v) is 9.45. The summed E-state index contributed by atoms with van der Waals surface area (Å²) < 4.78 is 1.77. The number of benzene rings is 3. The Labute approximate surface area is 196 Å². The van der Waals surface area contributed by atoms with Gasteiger partial charge in [-0.05, 0) is 47.7 Å². The van der Waals surface area contributed by atoms with E-state index in [2.05, 4.69) is 4.98 Å². The third-order valence-electron chi connectivity index (χ3n) is 6.19. The lowest BCUT2D eigenvalue weighted by molar-refractivity contribution is -0.137. The number of carbonyl (C=O) groups excluding carboxylic acids is 1. The Morgan fingerprint density at radius 3 is 2.70 bits per heavy atom. The molecule has 1 atom stereocenters. The van der Waals surface area contributed by atoms with Crippen molar-refractivity contribution in [3.63, 3.8) is 0 Å². The quantitative estimate of drug-likeness (QED) is 0.414. The van der Waals surface area contributed by atoms with E-state index in [9.17, 15) is 14.7 Å². The summed E-state index contributed by atoms with van der Waals surface area (Å²) in [6.07, 6.45) is 2.01. The van der Waals surface area contributed by atoms with Crippen LogP contribution in [0.25, 0.3) is 21.8 Å². The molecule has 3 aromatic carbocycles. The van der Waals surface area contributed by atoms with Gasteiger partial charge in [0.15, 0.2) is 5.16 Å². The minimum Gasteiger partial charge on any atom is -0.480 e. The predicted molar refractivity (Wildman–Crippen MR) is 131 cm³/mol. The number of rotatable bonds is 6. The van der Waals surface area contributed by atoms with Crippen molar-refractivity contribution in [3.05, 3.63) is 72.3 Å². The van der Waals surface area contributed by atoms with Crippen LogP contribution < -0.4 is 0 Å². The molecule has 1 N–H and O–H groups in total. The molecule has 6 nitrogen and oxygen atoms in total. The van der Waals surface area contributed by atoms with E-state index in [1.54, 1.807) is 16.3 Å². The number of para-hydroxylation sites is 2. The molecule has 4 aromatic rings. The number of hydrogen-bond donors (Lipinski definition) is 1. The van der Waals surface area contributed by atoms with E-state index in [4.69, 9.17) is 0 Å². The summed E-state index contributed by atoms with van der Waals surface area (Å²) in [6, 6.07) is 21.5. The molecule has 1 aromatic heterocycles. The first-order valence-electron chi connectivity index (χ1n) is 11.2. The van der Waals surface area contributed by atoms with E-state index in [1.807, 2.05) is 71.6 Å². The topological polar surface area (TPSA) is 75.4 Å². The largest absolute Gasteiger partial charge is 0.480 e. The van der Waals surface area contributed by atoms with Crippen molar-refractivity contribution >= 4 is 45.4 Å². The molecule has 0 radical (unpaired) electrons. The average molecular weight is 460 g/mol. The van der Waals surface area contributed by atoms with Crippen LogP contribution >= 0.6 is 11.8 Å². The number of carbonyl (C=O) groups is 2. The van der Waals surface area contributed by atoms with Crippen molar-refractivity contribution in [2.75, 3.05) is 18.8 Å². The fourth-order valence-corrected chi connectivity index (χ4v) is 5.75. The molecule has 0 bridgehead atoms. The van der Waals surface area contributed by atoms with Crippen molar-refractivity contribution in [3.8, 4) is 0 Å². The zero-order valence-corrected chi connectivity index (χ0v) is 19.0. The zero-order valence-electron chi connectivity index (χ0n) is 18.2. The van der Waals surface area contributed by atoms with Crippen LogP contribution in [0.5, 0.6) is 0 Å². The van der Waals surface area contributed by atoms with Crippen molar-refractivity contribution < 1.29 is 14.7 Å². The number of imidazole rings is 1. The van der Waals surface area contributed by atoms with Crippen LogP contribution in [0, 0.1) is 5.92 Å². The van der Waals surface area contributed by atoms with Gasteiger partial charge in [-0.3, -0.25) is 9.59 Å². The highest BCUT2D eigenvalue weighted by Gasteiger charge is 2.26. The molecular weight excluding hydrogens is 434 g/mol. The van der Waals surface area contributed by atoms with Crippen LogP contribution in [-0.2, 0) is 11.3 Å². The number of thioether (sulfide) groups is 1. The lowest BCUT2D eigenvalue weighted by Gasteiger charge is -2.33. The second kappa shape index (κ2) is 9.27. The highest BCUT2D eigenvalue weighted by molar-refractivity contribution is 7.99. The van der Waals surface area contributed by atoms with Crippen LogP contribution in [-0.4, -0.2) is 50.3 Å². The number of carboxylic acids is 1. The van der Waals surface area contributed by atoms with Crippen LogP contribution in [0.15, 0.2) is 71.9 Å². The summed E-state index contributed by atoms with van der Waals surface area (Å²) in [5.41, 5.74) is 2.39. The standard InChI is InChI=1S/C26H25N3O3S/c30-24(31)16-29-23-13-4-3-12-22(23)27-26(29)33-17-18-7-6-14-28(15-18)25(32)21-11-5-9-19-8-1-2-10-20(19)21/h1-5,8-13,18H,6-7,14-17H2,(H,30,31). The molecule has 0 spiro atoms. The number of amides is 1. The van der Waals surface area contributed by atoms with Crippen molar-refractivity contribution in [1.82, 2.24) is 14.5 Å². The fraction of sp³-hybridized carbons (Fsp3) is 0.269. The van der Waals surface area contributed by atoms with E-state index in [-0.39, 0.29) is 12.5 Å². The lowest BCUT2D eigenvalue weighted by atomic mass is 9.98. The molecule has 1 fully saturated rings. The highest BCUT2D eigenvalue weighted by atomic mass is 32.2. The number of piperidine rings is 1. The van der Waals surface area contributed by atoms with Gasteiger partial charge >= 0.3 is 5.97 Å². The maximum atomic E-state index is 13.4. The van der Waals surface area contributed by atoms with Crippen LogP contribution in [0.3, 0.4) is 0 Å². The molecule has 0 aliphatic carbocycles. The smallest absolute Gasteiger partial charge is 0.323 e. The van der Waals surface area contributed by atoms with Gasteiger partial charge in [-0.2, -0.15) is 0 Å². The van der Waals surface area contributed by atoms with Gasteiger partial charge in [0.25, 0.3) is 5.91 Å². The van der Waals surface area contributed by atoms with E-state index in [1.165, 1.54) is 0 Å². The van der Waals surface area contributed by atoms with Crippen LogP contribution in [0.1, 0.15) is 23.2 Å². The molecule has 5 rings (SSSR count). The normalized spacial score (nSPS) is 16.4. The zero-order chi connectivity index (χ0) is 22.8. The Balaban J connectivity index is 1.31. The Morgan fingerprint density at radius 1 is 1.03 bits per heavy atom. The first-order valence-corrected chi connectivity index (χ1v) is 12.2. The van der Waals surface area contributed by atoms with E-state index in [0.717, 1.165) is 57.7 Å². The van der Waals surface area contributed by atoms with E-state index >= 15 is 0 Å². The molecule has 1 amide bonds. The van der Waals surface area contributed by atoms with E-state index in [0.29, 0.717) is 12.5 Å². The Morgan fingerprint density at radius 2 is 1.82 bits per heavy atom. The molecule has 33 heavy (non-hydrogen) atoms. The number of fused-ring (bicyclic) bond motifs is 2. The summed E-state index contributed by atoms with van der Waals surface area (Å²) in [4.78, 5) is 31.4. The highest BCUT2D eigenvalue weighted by Crippen LogP contribution is 2.29. The minimum absolute atomic E-state index is 0.0830. The molecule has 168 valence electrons. The number of aromatic nitrogens is 2. The molecule has 1 aliphatic rings. The van der Waals surface area contributed by atoms with Gasteiger partial charge in [0.1, 0.15) is 6.54 Å². The number of hydrogen-bond acceptors (Lipinski definition) is 4. The maximum absolute atomic E-state index is 13.4. The molecule has 2 heterocycles. The number of aliphatic carboxylic acids is 1.